The number of halogens is 2. The van der Waals surface area contributed by atoms with Gasteiger partial charge in [0.2, 0.25) is 5.91 Å². The van der Waals surface area contributed by atoms with E-state index in [0.717, 1.165) is 5.56 Å². The number of carbonyl (C=O) groups is 1. The van der Waals surface area contributed by atoms with E-state index < -0.39 is 9.84 Å². The first-order valence-corrected chi connectivity index (χ1v) is 12.6. The first-order chi connectivity index (χ1) is 15.7. The van der Waals surface area contributed by atoms with Crippen molar-refractivity contribution in [3.63, 3.8) is 0 Å². The van der Waals surface area contributed by atoms with Gasteiger partial charge in [-0.1, -0.05) is 23.2 Å². The van der Waals surface area contributed by atoms with Crippen molar-refractivity contribution >= 4 is 44.6 Å². The SMILES string of the molecule is Cc1ccnc(CS(=O)(=O)c2ccc3c(c2)CC(CCOc2ccc(Cl)cc2Cl)C(=O)N3)n1. The van der Waals surface area contributed by atoms with Crippen molar-refractivity contribution in [2.24, 2.45) is 5.92 Å². The number of sulfone groups is 1. The van der Waals surface area contributed by atoms with E-state index in [1.807, 2.05) is 0 Å². The zero-order valence-corrected chi connectivity index (χ0v) is 20.0. The van der Waals surface area contributed by atoms with Crippen molar-refractivity contribution in [1.82, 2.24) is 9.97 Å². The van der Waals surface area contributed by atoms with E-state index in [4.69, 9.17) is 27.9 Å². The van der Waals surface area contributed by atoms with Crippen LogP contribution in [0.4, 0.5) is 5.69 Å². The molecular formula is C23H21Cl2N3O4S. The average Bonchev–Trinajstić information content (AvgIpc) is 2.75. The molecule has 3 aromatic rings. The molecule has 1 aromatic heterocycles. The Balaban J connectivity index is 1.45. The van der Waals surface area contributed by atoms with Gasteiger partial charge in [-0.25, -0.2) is 18.4 Å². The topological polar surface area (TPSA) is 98.3 Å². The number of ether oxygens (including phenoxy) is 1. The van der Waals surface area contributed by atoms with Gasteiger partial charge in [0.1, 0.15) is 17.3 Å². The average molecular weight is 506 g/mol. The number of nitrogens with zero attached hydrogens (tertiary/aromatic N) is 2. The molecule has 1 N–H and O–H groups in total. The van der Waals surface area contributed by atoms with Crippen molar-refractivity contribution in [2.45, 2.75) is 30.4 Å². The summed E-state index contributed by atoms with van der Waals surface area (Å²) >= 11 is 12.0. The lowest BCUT2D eigenvalue weighted by molar-refractivity contribution is -0.120. The lowest BCUT2D eigenvalue weighted by atomic mass is 9.91. The third-order valence-electron chi connectivity index (χ3n) is 5.31. The van der Waals surface area contributed by atoms with Gasteiger partial charge in [-0.15, -0.1) is 0 Å². The Labute approximate surface area is 202 Å². The van der Waals surface area contributed by atoms with Crippen LogP contribution in [0.5, 0.6) is 5.75 Å². The molecule has 0 aliphatic carbocycles. The number of fused-ring (bicyclic) bond motifs is 1. The molecule has 1 aliphatic heterocycles. The quantitative estimate of drug-likeness (QED) is 0.501. The van der Waals surface area contributed by atoms with Gasteiger partial charge in [0.25, 0.3) is 0 Å². The van der Waals surface area contributed by atoms with Crippen molar-refractivity contribution in [2.75, 3.05) is 11.9 Å². The van der Waals surface area contributed by atoms with E-state index in [-0.39, 0.29) is 34.9 Å². The van der Waals surface area contributed by atoms with Gasteiger partial charge in [-0.3, -0.25) is 4.79 Å². The van der Waals surface area contributed by atoms with Gasteiger partial charge < -0.3 is 10.1 Å². The van der Waals surface area contributed by atoms with Crippen molar-refractivity contribution in [3.8, 4) is 5.75 Å². The molecule has 4 rings (SSSR count). The number of amides is 1. The fourth-order valence-electron chi connectivity index (χ4n) is 3.61. The molecule has 1 atom stereocenters. The molecule has 0 saturated heterocycles. The minimum absolute atomic E-state index is 0.128. The number of aromatic nitrogens is 2. The number of aryl methyl sites for hydroxylation is 1. The third kappa shape index (κ3) is 5.63. The second-order valence-electron chi connectivity index (χ2n) is 7.79. The largest absolute Gasteiger partial charge is 0.492 e. The highest BCUT2D eigenvalue weighted by Crippen LogP contribution is 2.31. The second-order valence-corrected chi connectivity index (χ2v) is 10.6. The summed E-state index contributed by atoms with van der Waals surface area (Å²) in [4.78, 5) is 20.9. The van der Waals surface area contributed by atoms with Crippen LogP contribution in [0.15, 0.2) is 53.6 Å². The van der Waals surface area contributed by atoms with E-state index in [2.05, 4.69) is 15.3 Å². The fourth-order valence-corrected chi connectivity index (χ4v) is 5.31. The minimum Gasteiger partial charge on any atom is -0.492 e. The highest BCUT2D eigenvalue weighted by atomic mass is 35.5. The van der Waals surface area contributed by atoms with Crippen LogP contribution in [0.2, 0.25) is 10.0 Å². The Morgan fingerprint density at radius 3 is 2.73 bits per heavy atom. The van der Waals surface area contributed by atoms with Crippen molar-refractivity contribution < 1.29 is 17.9 Å². The van der Waals surface area contributed by atoms with Crippen LogP contribution >= 0.6 is 23.2 Å². The number of nitrogens with one attached hydrogen (secondary N) is 1. The van der Waals surface area contributed by atoms with Crippen LogP contribution in [0, 0.1) is 12.8 Å². The molecule has 0 fully saturated rings. The normalized spacial score (nSPS) is 15.6. The maximum atomic E-state index is 12.9. The van der Waals surface area contributed by atoms with Crippen LogP contribution in [-0.2, 0) is 26.8 Å². The molecule has 10 heteroatoms. The first kappa shape index (κ1) is 23.5. The predicted molar refractivity (Wildman–Crippen MR) is 126 cm³/mol. The molecule has 7 nitrogen and oxygen atoms in total. The highest BCUT2D eigenvalue weighted by molar-refractivity contribution is 7.90. The molecule has 1 amide bonds. The molecule has 33 heavy (non-hydrogen) atoms. The summed E-state index contributed by atoms with van der Waals surface area (Å²) in [5.74, 6) is -0.0427. The second kappa shape index (κ2) is 9.67. The number of rotatable bonds is 7. The van der Waals surface area contributed by atoms with Crippen LogP contribution in [0.25, 0.3) is 0 Å². The summed E-state index contributed by atoms with van der Waals surface area (Å²) in [6.07, 6.45) is 2.39. The van der Waals surface area contributed by atoms with Gasteiger partial charge in [0, 0.05) is 28.5 Å². The Bertz CT molecular complexity index is 1310. The lowest BCUT2D eigenvalue weighted by Crippen LogP contribution is -2.31. The predicted octanol–water partition coefficient (Wildman–Crippen LogP) is 4.65. The van der Waals surface area contributed by atoms with Crippen LogP contribution < -0.4 is 10.1 Å². The molecule has 0 bridgehead atoms. The van der Waals surface area contributed by atoms with Gasteiger partial charge in [0.05, 0.1) is 16.5 Å². The monoisotopic (exact) mass is 505 g/mol. The first-order valence-electron chi connectivity index (χ1n) is 10.2. The Morgan fingerprint density at radius 2 is 1.97 bits per heavy atom. The van der Waals surface area contributed by atoms with Gasteiger partial charge in [0.15, 0.2) is 9.84 Å². The van der Waals surface area contributed by atoms with Crippen LogP contribution in [0.3, 0.4) is 0 Å². The van der Waals surface area contributed by atoms with E-state index in [1.54, 1.807) is 49.5 Å². The molecule has 2 aromatic carbocycles. The third-order valence-corrected chi connectivity index (χ3v) is 7.45. The molecule has 172 valence electrons. The standard InChI is InChI=1S/C23H21Cl2N3O4S/c1-14-6-8-26-22(27-14)13-33(30,31)18-3-4-20-16(11-18)10-15(23(29)28-20)7-9-32-21-5-2-17(24)12-19(21)25/h2-6,8,11-12,15H,7,9-10,13H2,1H3,(H,28,29). The van der Waals surface area contributed by atoms with Gasteiger partial charge in [-0.05, 0) is 67.8 Å². The fraction of sp³-hybridized carbons (Fsp3) is 0.261. The van der Waals surface area contributed by atoms with E-state index in [0.29, 0.717) is 40.0 Å². The van der Waals surface area contributed by atoms with Gasteiger partial charge >= 0.3 is 0 Å². The molecule has 0 radical (unpaired) electrons. The smallest absolute Gasteiger partial charge is 0.227 e. The summed E-state index contributed by atoms with van der Waals surface area (Å²) < 4.78 is 31.5. The number of hydrogen-bond acceptors (Lipinski definition) is 6. The maximum absolute atomic E-state index is 12.9. The Morgan fingerprint density at radius 1 is 1.15 bits per heavy atom. The zero-order chi connectivity index (χ0) is 23.6. The summed E-state index contributed by atoms with van der Waals surface area (Å²) in [6.45, 7) is 2.06. The van der Waals surface area contributed by atoms with Crippen LogP contribution in [0.1, 0.15) is 23.5 Å². The number of benzene rings is 2. The minimum atomic E-state index is -3.64. The van der Waals surface area contributed by atoms with E-state index in [9.17, 15) is 13.2 Å². The highest BCUT2D eigenvalue weighted by Gasteiger charge is 2.28. The molecule has 2 heterocycles. The summed E-state index contributed by atoms with van der Waals surface area (Å²) in [6, 6.07) is 11.4. The number of hydrogen-bond donors (Lipinski definition) is 1. The van der Waals surface area contributed by atoms with Crippen molar-refractivity contribution in [1.29, 1.82) is 0 Å². The van der Waals surface area contributed by atoms with Crippen molar-refractivity contribution in [3.05, 3.63) is 75.8 Å². The van der Waals surface area contributed by atoms with E-state index in [1.165, 1.54) is 6.07 Å². The Kier molecular flexibility index (Phi) is 6.88. The zero-order valence-electron chi connectivity index (χ0n) is 17.7. The summed E-state index contributed by atoms with van der Waals surface area (Å²) in [5.41, 5.74) is 2.08. The molecule has 0 spiro atoms. The van der Waals surface area contributed by atoms with Gasteiger partial charge in [-0.2, -0.15) is 0 Å². The summed E-state index contributed by atoms with van der Waals surface area (Å²) in [5, 5.41) is 3.76. The lowest BCUT2D eigenvalue weighted by Gasteiger charge is -2.25. The molecular weight excluding hydrogens is 485 g/mol. The number of carbonyl (C=O) groups excluding carboxylic acids is 1. The Hall–Kier alpha value is -2.68. The van der Waals surface area contributed by atoms with E-state index >= 15 is 0 Å². The molecule has 0 saturated carbocycles. The van der Waals surface area contributed by atoms with Crippen LogP contribution in [-0.4, -0.2) is 30.9 Å². The molecule has 1 unspecified atom stereocenters. The maximum Gasteiger partial charge on any atom is 0.227 e. The summed E-state index contributed by atoms with van der Waals surface area (Å²) in [7, 11) is -3.64. The molecule has 1 aliphatic rings. The number of anilines is 1.